The van der Waals surface area contributed by atoms with Gasteiger partial charge in [0.2, 0.25) is 0 Å². The molecule has 0 atom stereocenters. The lowest BCUT2D eigenvalue weighted by molar-refractivity contribution is 0.110. The number of unbranched alkanes of at least 4 members (excludes halogenated alkanes) is 1. The van der Waals surface area contributed by atoms with Crippen LogP contribution < -0.4 is 0 Å². The zero-order valence-corrected chi connectivity index (χ0v) is 9.81. The lowest BCUT2D eigenvalue weighted by Crippen LogP contribution is -2.24. The molecule has 0 amide bonds. The molecular formula is C12H23NO. The molecule has 0 aromatic rings. The van der Waals surface area contributed by atoms with Crippen molar-refractivity contribution in [3.8, 4) is 11.8 Å². The molecule has 0 bridgehead atoms. The van der Waals surface area contributed by atoms with Gasteiger partial charge in [0.25, 0.3) is 0 Å². The Bertz CT molecular complexity index is 169. The fourth-order valence-corrected chi connectivity index (χ4v) is 1.20. The van der Waals surface area contributed by atoms with E-state index >= 15 is 0 Å². The summed E-state index contributed by atoms with van der Waals surface area (Å²) >= 11 is 0. The molecule has 2 nitrogen and oxygen atoms in total. The molecule has 2 heteroatoms. The van der Waals surface area contributed by atoms with Crippen molar-refractivity contribution in [1.82, 2.24) is 4.90 Å². The number of rotatable bonds is 8. The molecule has 0 aliphatic heterocycles. The van der Waals surface area contributed by atoms with E-state index in [1.807, 2.05) is 6.92 Å². The summed E-state index contributed by atoms with van der Waals surface area (Å²) in [6, 6.07) is 0. The molecule has 0 spiro atoms. The highest BCUT2D eigenvalue weighted by molar-refractivity contribution is 4.94. The number of ether oxygens (including phenoxy) is 1. The van der Waals surface area contributed by atoms with Crippen LogP contribution in [0.2, 0.25) is 0 Å². The van der Waals surface area contributed by atoms with Crippen LogP contribution in [0.5, 0.6) is 0 Å². The van der Waals surface area contributed by atoms with E-state index in [0.717, 1.165) is 39.1 Å². The van der Waals surface area contributed by atoms with Crippen LogP contribution in [0, 0.1) is 11.8 Å². The quantitative estimate of drug-likeness (QED) is 0.437. The molecule has 0 saturated heterocycles. The largest absolute Gasteiger partial charge is 0.380 e. The molecule has 0 aromatic heterocycles. The lowest BCUT2D eigenvalue weighted by atomic mass is 10.3. The summed E-state index contributed by atoms with van der Waals surface area (Å²) in [7, 11) is 2.13. The van der Waals surface area contributed by atoms with Gasteiger partial charge in [-0.05, 0) is 33.4 Å². The smallest absolute Gasteiger partial charge is 0.0593 e. The van der Waals surface area contributed by atoms with Crippen molar-refractivity contribution in [3.05, 3.63) is 0 Å². The SMILES string of the molecule is CC#CCCCOCCN(C)CCC. The van der Waals surface area contributed by atoms with Crippen molar-refractivity contribution in [1.29, 1.82) is 0 Å². The van der Waals surface area contributed by atoms with E-state index in [-0.39, 0.29) is 0 Å². The fourth-order valence-electron chi connectivity index (χ4n) is 1.20. The minimum atomic E-state index is 0.842. The minimum absolute atomic E-state index is 0.842. The van der Waals surface area contributed by atoms with Crippen molar-refractivity contribution < 1.29 is 4.74 Å². The van der Waals surface area contributed by atoms with Gasteiger partial charge >= 0.3 is 0 Å². The maximum atomic E-state index is 5.49. The van der Waals surface area contributed by atoms with Crippen molar-refractivity contribution in [3.63, 3.8) is 0 Å². The maximum Gasteiger partial charge on any atom is 0.0593 e. The van der Waals surface area contributed by atoms with Crippen LogP contribution >= 0.6 is 0 Å². The van der Waals surface area contributed by atoms with E-state index in [4.69, 9.17) is 4.74 Å². The van der Waals surface area contributed by atoms with Gasteiger partial charge in [0.15, 0.2) is 0 Å². The highest BCUT2D eigenvalue weighted by Gasteiger charge is 1.95. The third kappa shape index (κ3) is 9.57. The number of hydrogen-bond donors (Lipinski definition) is 0. The van der Waals surface area contributed by atoms with Gasteiger partial charge < -0.3 is 9.64 Å². The Hall–Kier alpha value is -0.520. The Labute approximate surface area is 88.6 Å². The molecule has 14 heavy (non-hydrogen) atoms. The predicted molar refractivity (Wildman–Crippen MR) is 61.3 cm³/mol. The first-order valence-electron chi connectivity index (χ1n) is 5.47. The van der Waals surface area contributed by atoms with Crippen LogP contribution in [0.25, 0.3) is 0 Å². The lowest BCUT2D eigenvalue weighted by Gasteiger charge is -2.14. The van der Waals surface area contributed by atoms with Crippen LogP contribution in [0.3, 0.4) is 0 Å². The summed E-state index contributed by atoms with van der Waals surface area (Å²) in [4.78, 5) is 2.30. The Morgan fingerprint density at radius 2 is 2.00 bits per heavy atom. The topological polar surface area (TPSA) is 12.5 Å². The first kappa shape index (κ1) is 13.5. The fraction of sp³-hybridized carbons (Fsp3) is 0.833. The molecule has 0 aliphatic rings. The second-order valence-electron chi connectivity index (χ2n) is 3.45. The summed E-state index contributed by atoms with van der Waals surface area (Å²) in [5.41, 5.74) is 0. The summed E-state index contributed by atoms with van der Waals surface area (Å²) in [5, 5.41) is 0. The van der Waals surface area contributed by atoms with Gasteiger partial charge in [0.05, 0.1) is 6.61 Å². The normalized spacial score (nSPS) is 10.0. The Morgan fingerprint density at radius 1 is 1.21 bits per heavy atom. The van der Waals surface area contributed by atoms with Gasteiger partial charge in [0.1, 0.15) is 0 Å². The van der Waals surface area contributed by atoms with Gasteiger partial charge in [-0.3, -0.25) is 0 Å². The maximum absolute atomic E-state index is 5.49. The number of nitrogens with zero attached hydrogens (tertiary/aromatic N) is 1. The second-order valence-corrected chi connectivity index (χ2v) is 3.45. The first-order chi connectivity index (χ1) is 6.81. The Morgan fingerprint density at radius 3 is 2.64 bits per heavy atom. The predicted octanol–water partition coefficient (Wildman–Crippen LogP) is 2.15. The summed E-state index contributed by atoms with van der Waals surface area (Å²) in [5.74, 6) is 5.91. The standard InChI is InChI=1S/C12H23NO/c1-4-6-7-8-11-14-12-10-13(3)9-5-2/h5,7-12H2,1-3H3. The van der Waals surface area contributed by atoms with Gasteiger partial charge in [0, 0.05) is 19.6 Å². The molecule has 0 radical (unpaired) electrons. The van der Waals surface area contributed by atoms with E-state index in [1.54, 1.807) is 0 Å². The van der Waals surface area contributed by atoms with Gasteiger partial charge in [-0.1, -0.05) is 6.92 Å². The highest BCUT2D eigenvalue weighted by Crippen LogP contribution is 1.90. The zero-order valence-electron chi connectivity index (χ0n) is 9.81. The molecular weight excluding hydrogens is 174 g/mol. The second kappa shape index (κ2) is 10.6. The molecule has 0 saturated carbocycles. The van der Waals surface area contributed by atoms with Crippen LogP contribution in [0.4, 0.5) is 0 Å². The van der Waals surface area contributed by atoms with Gasteiger partial charge in [-0.15, -0.1) is 11.8 Å². The third-order valence-electron chi connectivity index (χ3n) is 1.99. The average Bonchev–Trinajstić information content (AvgIpc) is 2.17. The van der Waals surface area contributed by atoms with Crippen molar-refractivity contribution in [2.45, 2.75) is 33.1 Å². The van der Waals surface area contributed by atoms with E-state index in [1.165, 1.54) is 6.42 Å². The third-order valence-corrected chi connectivity index (χ3v) is 1.99. The monoisotopic (exact) mass is 197 g/mol. The van der Waals surface area contributed by atoms with Crippen LogP contribution in [-0.4, -0.2) is 38.3 Å². The van der Waals surface area contributed by atoms with Crippen molar-refractivity contribution in [2.24, 2.45) is 0 Å². The number of likely N-dealkylation sites (N-methyl/N-ethyl adjacent to an activating group) is 1. The molecule has 0 rings (SSSR count). The first-order valence-corrected chi connectivity index (χ1v) is 5.47. The molecule has 0 heterocycles. The molecule has 82 valence electrons. The molecule has 0 unspecified atom stereocenters. The van der Waals surface area contributed by atoms with E-state index in [2.05, 4.69) is 30.7 Å². The van der Waals surface area contributed by atoms with Crippen molar-refractivity contribution in [2.75, 3.05) is 33.4 Å². The molecule has 0 aromatic carbocycles. The van der Waals surface area contributed by atoms with E-state index < -0.39 is 0 Å². The van der Waals surface area contributed by atoms with Crippen LogP contribution in [0.15, 0.2) is 0 Å². The van der Waals surface area contributed by atoms with Crippen LogP contribution in [0.1, 0.15) is 33.1 Å². The minimum Gasteiger partial charge on any atom is -0.380 e. The van der Waals surface area contributed by atoms with Gasteiger partial charge in [-0.25, -0.2) is 0 Å². The molecule has 0 aliphatic carbocycles. The number of hydrogen-bond acceptors (Lipinski definition) is 2. The zero-order chi connectivity index (χ0) is 10.6. The average molecular weight is 197 g/mol. The van der Waals surface area contributed by atoms with E-state index in [9.17, 15) is 0 Å². The molecule has 0 fully saturated rings. The summed E-state index contributed by atoms with van der Waals surface area (Å²) < 4.78 is 5.49. The van der Waals surface area contributed by atoms with Crippen LogP contribution in [-0.2, 0) is 4.74 Å². The highest BCUT2D eigenvalue weighted by atomic mass is 16.5. The Kier molecular flexibility index (Phi) is 10.2. The van der Waals surface area contributed by atoms with Crippen molar-refractivity contribution >= 4 is 0 Å². The Balaban J connectivity index is 3.07. The molecule has 0 N–H and O–H groups in total. The summed E-state index contributed by atoms with van der Waals surface area (Å²) in [6.45, 7) is 7.95. The summed E-state index contributed by atoms with van der Waals surface area (Å²) in [6.07, 6.45) is 3.22. The van der Waals surface area contributed by atoms with Gasteiger partial charge in [-0.2, -0.15) is 0 Å². The van der Waals surface area contributed by atoms with E-state index in [0.29, 0.717) is 0 Å².